The van der Waals surface area contributed by atoms with Gasteiger partial charge in [-0.05, 0) is 56.0 Å². The zero-order valence-electron chi connectivity index (χ0n) is 18.7. The van der Waals surface area contributed by atoms with Gasteiger partial charge in [0.2, 0.25) is 0 Å². The summed E-state index contributed by atoms with van der Waals surface area (Å²) in [5, 5.41) is 0. The fraction of sp³-hybridized carbons (Fsp3) is 0.652. The fourth-order valence-electron chi connectivity index (χ4n) is 3.16. The van der Waals surface area contributed by atoms with Crippen LogP contribution in [0.25, 0.3) is 0 Å². The summed E-state index contributed by atoms with van der Waals surface area (Å²) in [4.78, 5) is -0.283. The van der Waals surface area contributed by atoms with Gasteiger partial charge in [-0.2, -0.15) is 0 Å². The number of alkyl halides is 1. The van der Waals surface area contributed by atoms with Crippen LogP contribution in [0, 0.1) is 0 Å². The molecule has 0 aliphatic heterocycles. The minimum absolute atomic E-state index is 0. The number of halogens is 1. The molecule has 0 spiro atoms. The molecule has 7 heteroatoms. The van der Waals surface area contributed by atoms with Crippen molar-refractivity contribution in [3.05, 3.63) is 36.6 Å². The molecule has 0 aromatic heterocycles. The zero-order valence-corrected chi connectivity index (χ0v) is 21.5. The molecule has 1 unspecified atom stereocenters. The average Bonchev–Trinajstić information content (AvgIpc) is 2.69. The monoisotopic (exact) mass is 450 g/mol. The van der Waals surface area contributed by atoms with Crippen LogP contribution in [-0.2, 0) is 10.1 Å². The second-order valence-electron chi connectivity index (χ2n) is 7.56. The summed E-state index contributed by atoms with van der Waals surface area (Å²) in [7, 11) is -4.44. The van der Waals surface area contributed by atoms with Gasteiger partial charge in [0, 0.05) is 0 Å². The summed E-state index contributed by atoms with van der Waals surface area (Å²) < 4.78 is 51.8. The molecule has 0 aliphatic rings. The van der Waals surface area contributed by atoms with Crippen molar-refractivity contribution in [3.8, 4) is 5.75 Å². The molecule has 0 saturated carbocycles. The SMILES string of the molecule is CCCCCCCCCCCC(F)CCCC=COc1ccc(S(=O)(=O)[O-])cc1.[Na+]. The normalized spacial score (nSPS) is 12.6. The van der Waals surface area contributed by atoms with Crippen molar-refractivity contribution in [2.45, 2.75) is 101 Å². The van der Waals surface area contributed by atoms with Gasteiger partial charge >= 0.3 is 29.6 Å². The van der Waals surface area contributed by atoms with Gasteiger partial charge in [-0.1, -0.05) is 64.7 Å². The Morgan fingerprint density at radius 2 is 1.47 bits per heavy atom. The van der Waals surface area contributed by atoms with Crippen LogP contribution in [0.3, 0.4) is 0 Å². The molecule has 1 aromatic carbocycles. The molecule has 1 atom stereocenters. The van der Waals surface area contributed by atoms with Crippen molar-refractivity contribution in [2.75, 3.05) is 0 Å². The van der Waals surface area contributed by atoms with E-state index < -0.39 is 16.3 Å². The molecule has 0 fully saturated rings. The number of ether oxygens (including phenoxy) is 1. The molecular formula is C23H36FNaO4S. The first-order valence-electron chi connectivity index (χ1n) is 10.9. The van der Waals surface area contributed by atoms with Crippen molar-refractivity contribution in [2.24, 2.45) is 0 Å². The number of unbranched alkanes of at least 4 members (excludes halogenated alkanes) is 9. The van der Waals surface area contributed by atoms with E-state index in [4.69, 9.17) is 4.74 Å². The Morgan fingerprint density at radius 1 is 0.933 bits per heavy atom. The summed E-state index contributed by atoms with van der Waals surface area (Å²) in [6.07, 6.45) is 16.6. The Balaban J connectivity index is 0.00000841. The Hall–Kier alpha value is -0.400. The average molecular weight is 451 g/mol. The molecule has 1 rings (SSSR count). The van der Waals surface area contributed by atoms with Crippen LogP contribution in [0.5, 0.6) is 5.75 Å². The number of rotatable bonds is 17. The van der Waals surface area contributed by atoms with Crippen LogP contribution in [0.15, 0.2) is 41.5 Å². The first-order valence-corrected chi connectivity index (χ1v) is 12.4. The van der Waals surface area contributed by atoms with Crippen LogP contribution in [0.2, 0.25) is 0 Å². The van der Waals surface area contributed by atoms with Gasteiger partial charge in [0.15, 0.2) is 0 Å². The maximum Gasteiger partial charge on any atom is 1.00 e. The van der Waals surface area contributed by atoms with E-state index in [1.54, 1.807) is 0 Å². The molecule has 0 bridgehead atoms. The summed E-state index contributed by atoms with van der Waals surface area (Å²) in [5.41, 5.74) is 0. The Morgan fingerprint density at radius 3 is 2.03 bits per heavy atom. The quantitative estimate of drug-likeness (QED) is 0.156. The molecule has 0 saturated heterocycles. The van der Waals surface area contributed by atoms with Gasteiger partial charge in [-0.25, -0.2) is 12.8 Å². The summed E-state index contributed by atoms with van der Waals surface area (Å²) in [6, 6.07) is 5.28. The molecule has 4 nitrogen and oxygen atoms in total. The molecule has 0 amide bonds. The van der Waals surface area contributed by atoms with Crippen molar-refractivity contribution in [3.63, 3.8) is 0 Å². The standard InChI is InChI=1S/C23H37FO4S.Na/c1-2-3-4-5-6-7-8-9-11-14-21(24)15-12-10-13-20-28-22-16-18-23(19-17-22)29(25,26)27;/h13,16-21H,2-12,14-15H2,1H3,(H,25,26,27);/q;+1/p-1. The van der Waals surface area contributed by atoms with Gasteiger partial charge < -0.3 is 9.29 Å². The second-order valence-corrected chi connectivity index (χ2v) is 8.94. The van der Waals surface area contributed by atoms with E-state index in [9.17, 15) is 17.4 Å². The van der Waals surface area contributed by atoms with E-state index in [-0.39, 0.29) is 34.5 Å². The van der Waals surface area contributed by atoms with Crippen LogP contribution in [0.1, 0.15) is 90.4 Å². The molecule has 0 aliphatic carbocycles. The molecule has 0 radical (unpaired) electrons. The van der Waals surface area contributed by atoms with Gasteiger partial charge in [0.1, 0.15) is 22.0 Å². The van der Waals surface area contributed by atoms with Gasteiger partial charge in [-0.15, -0.1) is 0 Å². The van der Waals surface area contributed by atoms with Gasteiger partial charge in [0.25, 0.3) is 0 Å². The number of benzene rings is 1. The van der Waals surface area contributed by atoms with Crippen LogP contribution < -0.4 is 34.3 Å². The zero-order chi connectivity index (χ0) is 21.4. The molecular weight excluding hydrogens is 414 g/mol. The Bertz CT molecular complexity index is 662. The maximum atomic E-state index is 13.9. The maximum absolute atomic E-state index is 13.9. The first-order chi connectivity index (χ1) is 13.9. The number of hydrogen-bond acceptors (Lipinski definition) is 4. The van der Waals surface area contributed by atoms with E-state index in [1.807, 2.05) is 6.08 Å². The predicted octanol–water partition coefficient (Wildman–Crippen LogP) is 3.92. The molecule has 166 valence electrons. The first kappa shape index (κ1) is 29.6. The Kier molecular flexibility index (Phi) is 18.0. The van der Waals surface area contributed by atoms with E-state index in [1.165, 1.54) is 75.5 Å². The molecule has 1 aromatic rings. The van der Waals surface area contributed by atoms with E-state index in [2.05, 4.69) is 6.92 Å². The van der Waals surface area contributed by atoms with E-state index in [0.29, 0.717) is 18.6 Å². The third-order valence-electron chi connectivity index (χ3n) is 4.92. The summed E-state index contributed by atoms with van der Waals surface area (Å²) >= 11 is 0. The Labute approximate surface area is 204 Å². The molecule has 0 N–H and O–H groups in total. The topological polar surface area (TPSA) is 66.4 Å². The van der Waals surface area contributed by atoms with Crippen molar-refractivity contribution in [1.82, 2.24) is 0 Å². The van der Waals surface area contributed by atoms with Crippen LogP contribution in [-0.4, -0.2) is 19.1 Å². The smallest absolute Gasteiger partial charge is 0.744 e. The third-order valence-corrected chi connectivity index (χ3v) is 5.77. The van der Waals surface area contributed by atoms with Crippen molar-refractivity contribution < 1.29 is 51.7 Å². The fourth-order valence-corrected chi connectivity index (χ4v) is 3.63. The largest absolute Gasteiger partial charge is 1.00 e. The molecule has 30 heavy (non-hydrogen) atoms. The van der Waals surface area contributed by atoms with Crippen LogP contribution in [0.4, 0.5) is 4.39 Å². The van der Waals surface area contributed by atoms with Crippen molar-refractivity contribution in [1.29, 1.82) is 0 Å². The predicted molar refractivity (Wildman–Crippen MR) is 115 cm³/mol. The number of allylic oxidation sites excluding steroid dienone is 1. The van der Waals surface area contributed by atoms with E-state index in [0.717, 1.165) is 25.7 Å². The van der Waals surface area contributed by atoms with Crippen molar-refractivity contribution >= 4 is 10.1 Å². The summed E-state index contributed by atoms with van der Waals surface area (Å²) in [5.74, 6) is 0.447. The minimum atomic E-state index is -4.44. The number of hydrogen-bond donors (Lipinski definition) is 0. The summed E-state index contributed by atoms with van der Waals surface area (Å²) in [6.45, 7) is 2.23. The van der Waals surface area contributed by atoms with E-state index >= 15 is 0 Å². The van der Waals surface area contributed by atoms with Crippen LogP contribution >= 0.6 is 0 Å². The molecule has 0 heterocycles. The van der Waals surface area contributed by atoms with Gasteiger partial charge in [0.05, 0.1) is 11.2 Å². The second kappa shape index (κ2) is 18.2. The minimum Gasteiger partial charge on any atom is -0.744 e. The third kappa shape index (κ3) is 15.4. The van der Waals surface area contributed by atoms with Gasteiger partial charge in [-0.3, -0.25) is 0 Å².